The van der Waals surface area contributed by atoms with Gasteiger partial charge in [0.05, 0.1) is 25.4 Å². The Bertz CT molecular complexity index is 1130. The predicted molar refractivity (Wildman–Crippen MR) is 115 cm³/mol. The SMILES string of the molecule is COc1cc(/C=N\NC(=O)CNc2ccc(F)cc2)ccc1OC(=O)c1ccccc1F. The van der Waals surface area contributed by atoms with Gasteiger partial charge in [0, 0.05) is 5.69 Å². The van der Waals surface area contributed by atoms with Crippen molar-refractivity contribution in [3.8, 4) is 11.5 Å². The molecule has 7 nitrogen and oxygen atoms in total. The smallest absolute Gasteiger partial charge is 0.346 e. The number of halogens is 2. The molecule has 0 heterocycles. The minimum atomic E-state index is -0.858. The van der Waals surface area contributed by atoms with Gasteiger partial charge in [-0.05, 0) is 60.2 Å². The molecule has 0 aliphatic rings. The fourth-order valence-corrected chi connectivity index (χ4v) is 2.60. The first-order chi connectivity index (χ1) is 15.5. The Kier molecular flexibility index (Phi) is 7.47. The highest BCUT2D eigenvalue weighted by Gasteiger charge is 2.16. The fraction of sp³-hybridized carbons (Fsp3) is 0.0870. The van der Waals surface area contributed by atoms with Crippen molar-refractivity contribution >= 4 is 23.8 Å². The van der Waals surface area contributed by atoms with Crippen LogP contribution in [0.5, 0.6) is 11.5 Å². The van der Waals surface area contributed by atoms with E-state index in [0.29, 0.717) is 11.3 Å². The van der Waals surface area contributed by atoms with Crippen LogP contribution in [0.15, 0.2) is 71.8 Å². The van der Waals surface area contributed by atoms with Crippen LogP contribution in [-0.2, 0) is 4.79 Å². The van der Waals surface area contributed by atoms with Crippen molar-refractivity contribution in [1.82, 2.24) is 5.43 Å². The average Bonchev–Trinajstić information content (AvgIpc) is 2.79. The molecule has 3 rings (SSSR count). The summed E-state index contributed by atoms with van der Waals surface area (Å²) in [5, 5.41) is 6.69. The average molecular weight is 439 g/mol. The third kappa shape index (κ3) is 6.11. The van der Waals surface area contributed by atoms with E-state index in [0.717, 1.165) is 6.07 Å². The molecule has 0 spiro atoms. The third-order valence-electron chi connectivity index (χ3n) is 4.18. The highest BCUT2D eigenvalue weighted by molar-refractivity contribution is 5.92. The lowest BCUT2D eigenvalue weighted by molar-refractivity contribution is -0.119. The van der Waals surface area contributed by atoms with E-state index in [-0.39, 0.29) is 29.4 Å². The van der Waals surface area contributed by atoms with Gasteiger partial charge in [-0.3, -0.25) is 4.79 Å². The van der Waals surface area contributed by atoms with Crippen LogP contribution in [0.2, 0.25) is 0 Å². The van der Waals surface area contributed by atoms with Gasteiger partial charge in [0.15, 0.2) is 11.5 Å². The number of nitrogens with zero attached hydrogens (tertiary/aromatic N) is 1. The van der Waals surface area contributed by atoms with E-state index in [4.69, 9.17) is 9.47 Å². The Morgan fingerprint density at radius 3 is 2.47 bits per heavy atom. The highest BCUT2D eigenvalue weighted by atomic mass is 19.1. The first-order valence-corrected chi connectivity index (χ1v) is 9.42. The van der Waals surface area contributed by atoms with E-state index >= 15 is 0 Å². The van der Waals surface area contributed by atoms with Gasteiger partial charge in [0.2, 0.25) is 0 Å². The molecule has 3 aromatic rings. The predicted octanol–water partition coefficient (Wildman–Crippen LogP) is 3.75. The Hall–Kier alpha value is -4.27. The van der Waals surface area contributed by atoms with E-state index in [1.54, 1.807) is 6.07 Å². The van der Waals surface area contributed by atoms with Crippen LogP contribution >= 0.6 is 0 Å². The second-order valence-corrected chi connectivity index (χ2v) is 6.43. The summed E-state index contributed by atoms with van der Waals surface area (Å²) in [5.41, 5.74) is 3.30. The molecule has 2 N–H and O–H groups in total. The molecule has 0 fully saturated rings. The number of esters is 1. The largest absolute Gasteiger partial charge is 0.493 e. The van der Waals surface area contributed by atoms with Crippen molar-refractivity contribution < 1.29 is 27.8 Å². The zero-order valence-electron chi connectivity index (χ0n) is 17.0. The van der Waals surface area contributed by atoms with Gasteiger partial charge in [-0.2, -0.15) is 5.10 Å². The monoisotopic (exact) mass is 439 g/mol. The number of hydrogen-bond donors (Lipinski definition) is 2. The topological polar surface area (TPSA) is 89.0 Å². The van der Waals surface area contributed by atoms with E-state index < -0.39 is 17.7 Å². The molecule has 9 heteroatoms. The van der Waals surface area contributed by atoms with Crippen LogP contribution in [0.1, 0.15) is 15.9 Å². The van der Waals surface area contributed by atoms with Crippen LogP contribution in [0.25, 0.3) is 0 Å². The number of methoxy groups -OCH3 is 1. The maximum Gasteiger partial charge on any atom is 0.346 e. The summed E-state index contributed by atoms with van der Waals surface area (Å²) in [5.74, 6) is -2.00. The molecule has 164 valence electrons. The molecule has 32 heavy (non-hydrogen) atoms. The minimum Gasteiger partial charge on any atom is -0.493 e. The molecule has 0 unspecified atom stereocenters. The lowest BCUT2D eigenvalue weighted by Crippen LogP contribution is -2.25. The van der Waals surface area contributed by atoms with Crippen LogP contribution in [0.4, 0.5) is 14.5 Å². The summed E-state index contributed by atoms with van der Waals surface area (Å²) in [6.45, 7) is -0.0583. The number of carbonyl (C=O) groups excluding carboxylic acids is 2. The van der Waals surface area contributed by atoms with Crippen molar-refractivity contribution in [2.75, 3.05) is 19.0 Å². The van der Waals surface area contributed by atoms with E-state index in [2.05, 4.69) is 15.8 Å². The third-order valence-corrected chi connectivity index (χ3v) is 4.18. The number of hydrogen-bond acceptors (Lipinski definition) is 6. The van der Waals surface area contributed by atoms with Crippen molar-refractivity contribution in [1.29, 1.82) is 0 Å². The van der Waals surface area contributed by atoms with Crippen molar-refractivity contribution in [2.45, 2.75) is 0 Å². The summed E-state index contributed by atoms with van der Waals surface area (Å²) in [6, 6.07) is 15.7. The summed E-state index contributed by atoms with van der Waals surface area (Å²) in [4.78, 5) is 24.1. The maximum absolute atomic E-state index is 13.8. The van der Waals surface area contributed by atoms with Crippen LogP contribution < -0.4 is 20.2 Å². The number of amides is 1. The van der Waals surface area contributed by atoms with Gasteiger partial charge in [-0.1, -0.05) is 12.1 Å². The van der Waals surface area contributed by atoms with E-state index in [1.165, 1.54) is 67.9 Å². The van der Waals surface area contributed by atoms with Crippen LogP contribution in [-0.4, -0.2) is 31.7 Å². The number of ether oxygens (including phenoxy) is 2. The Morgan fingerprint density at radius 1 is 1.00 bits per heavy atom. The minimum absolute atomic E-state index is 0.0583. The number of anilines is 1. The summed E-state index contributed by atoms with van der Waals surface area (Å²) < 4.78 is 37.1. The van der Waals surface area contributed by atoms with Gasteiger partial charge < -0.3 is 14.8 Å². The second-order valence-electron chi connectivity index (χ2n) is 6.43. The number of carbonyl (C=O) groups is 2. The number of hydrazone groups is 1. The molecule has 0 atom stereocenters. The van der Waals surface area contributed by atoms with Crippen LogP contribution in [0, 0.1) is 11.6 Å². The van der Waals surface area contributed by atoms with Gasteiger partial charge in [0.25, 0.3) is 5.91 Å². The highest BCUT2D eigenvalue weighted by Crippen LogP contribution is 2.28. The fourth-order valence-electron chi connectivity index (χ4n) is 2.60. The first kappa shape index (κ1) is 22.4. The molecule has 3 aromatic carbocycles. The Morgan fingerprint density at radius 2 is 1.75 bits per heavy atom. The molecule has 0 aromatic heterocycles. The van der Waals surface area contributed by atoms with E-state index in [9.17, 15) is 18.4 Å². The molecule has 0 saturated carbocycles. The summed E-state index contributed by atoms with van der Waals surface area (Å²) >= 11 is 0. The zero-order valence-corrected chi connectivity index (χ0v) is 17.0. The molecule has 0 saturated heterocycles. The molecular formula is C23H19F2N3O4. The maximum atomic E-state index is 13.8. The van der Waals surface area contributed by atoms with Gasteiger partial charge in [-0.15, -0.1) is 0 Å². The molecule has 1 amide bonds. The lowest BCUT2D eigenvalue weighted by atomic mass is 10.2. The Labute approximate surface area is 182 Å². The van der Waals surface area contributed by atoms with Crippen molar-refractivity contribution in [3.63, 3.8) is 0 Å². The van der Waals surface area contributed by atoms with Gasteiger partial charge >= 0.3 is 5.97 Å². The van der Waals surface area contributed by atoms with Crippen LogP contribution in [0.3, 0.4) is 0 Å². The van der Waals surface area contributed by atoms with E-state index in [1.807, 2.05) is 0 Å². The molecule has 0 aliphatic heterocycles. The summed E-state index contributed by atoms with van der Waals surface area (Å²) in [7, 11) is 1.39. The normalized spacial score (nSPS) is 10.6. The van der Waals surface area contributed by atoms with Crippen molar-refractivity contribution in [3.05, 3.63) is 89.5 Å². The molecule has 0 aliphatic carbocycles. The zero-order chi connectivity index (χ0) is 22.9. The molecular weight excluding hydrogens is 420 g/mol. The number of rotatable bonds is 8. The lowest BCUT2D eigenvalue weighted by Gasteiger charge is -2.10. The number of nitrogens with one attached hydrogen (secondary N) is 2. The van der Waals surface area contributed by atoms with Gasteiger partial charge in [0.1, 0.15) is 11.6 Å². The number of benzene rings is 3. The second kappa shape index (κ2) is 10.7. The quantitative estimate of drug-likeness (QED) is 0.242. The standard InChI is InChI=1S/C23H19F2N3O4/c1-31-21-12-15(6-11-20(21)32-23(30)18-4-2-3-5-19(18)25)13-27-28-22(29)14-26-17-9-7-16(24)8-10-17/h2-13,26H,14H2,1H3,(H,28,29)/b27-13-. The first-order valence-electron chi connectivity index (χ1n) is 9.42. The molecule has 0 bridgehead atoms. The van der Waals surface area contributed by atoms with Gasteiger partial charge in [-0.25, -0.2) is 19.0 Å². The van der Waals surface area contributed by atoms with Crippen molar-refractivity contribution in [2.24, 2.45) is 5.10 Å². The molecule has 0 radical (unpaired) electrons. The Balaban J connectivity index is 1.57. The summed E-state index contributed by atoms with van der Waals surface area (Å²) in [6.07, 6.45) is 1.38.